The van der Waals surface area contributed by atoms with Crippen LogP contribution in [0, 0.1) is 12.8 Å². The van der Waals surface area contributed by atoms with Gasteiger partial charge in [0.05, 0.1) is 17.3 Å². The Morgan fingerprint density at radius 1 is 1.09 bits per heavy atom. The summed E-state index contributed by atoms with van der Waals surface area (Å²) in [4.78, 5) is 32.3. The highest BCUT2D eigenvalue weighted by Crippen LogP contribution is 2.23. The number of benzene rings is 1. The highest BCUT2D eigenvalue weighted by Gasteiger charge is 2.28. The maximum Gasteiger partial charge on any atom is 0.295 e. The Hall–Kier alpha value is -4.28. The normalized spacial score (nSPS) is 15.9. The van der Waals surface area contributed by atoms with E-state index in [2.05, 4.69) is 25.6 Å². The first-order chi connectivity index (χ1) is 16.5. The number of rotatable bonds is 5. The zero-order valence-corrected chi connectivity index (χ0v) is 19.0. The van der Waals surface area contributed by atoms with Gasteiger partial charge >= 0.3 is 0 Å². The molecule has 1 aromatic carbocycles. The van der Waals surface area contributed by atoms with Gasteiger partial charge in [-0.3, -0.25) is 14.3 Å². The number of hydrogen-bond donors (Lipinski definition) is 1. The number of amides is 1. The van der Waals surface area contributed by atoms with Crippen molar-refractivity contribution in [2.45, 2.75) is 19.8 Å². The van der Waals surface area contributed by atoms with E-state index in [9.17, 15) is 9.59 Å². The van der Waals surface area contributed by atoms with Crippen LogP contribution in [-0.2, 0) is 11.8 Å². The van der Waals surface area contributed by atoms with Gasteiger partial charge in [-0.2, -0.15) is 5.10 Å². The van der Waals surface area contributed by atoms with E-state index >= 15 is 0 Å². The molecule has 1 aliphatic rings. The van der Waals surface area contributed by atoms with Gasteiger partial charge < -0.3 is 10.2 Å². The lowest BCUT2D eigenvalue weighted by Gasteiger charge is -2.32. The summed E-state index contributed by atoms with van der Waals surface area (Å²) in [6, 6.07) is 13.1. The molecule has 1 atom stereocenters. The van der Waals surface area contributed by atoms with E-state index in [1.54, 1.807) is 15.7 Å². The SMILES string of the molecule is Cc1c(NC(=O)C2CCCN(c3ccc(-n4cncn4)nn3)C2)c(=O)n(-c2ccccc2)n1C. The molecule has 1 fully saturated rings. The van der Waals surface area contributed by atoms with Crippen molar-refractivity contribution >= 4 is 17.4 Å². The molecule has 4 aromatic rings. The van der Waals surface area contributed by atoms with E-state index in [-0.39, 0.29) is 17.4 Å². The first kappa shape index (κ1) is 21.6. The zero-order chi connectivity index (χ0) is 23.7. The number of hydrogen-bond acceptors (Lipinski definition) is 7. The molecule has 3 aromatic heterocycles. The second-order valence-corrected chi connectivity index (χ2v) is 8.30. The Morgan fingerprint density at radius 2 is 1.85 bits per heavy atom. The van der Waals surface area contributed by atoms with E-state index in [0.29, 0.717) is 29.6 Å². The summed E-state index contributed by atoms with van der Waals surface area (Å²) in [7, 11) is 1.81. The van der Waals surface area contributed by atoms with Crippen LogP contribution in [0.3, 0.4) is 0 Å². The molecule has 0 spiro atoms. The standard InChI is InChI=1S/C23H25N9O2/c1-16-21(23(34)32(29(16)2)18-8-4-3-5-9-18)26-22(33)17-7-6-12-30(13-17)19-10-11-20(28-27-19)31-15-24-14-25-31/h3-5,8-11,14-15,17H,6-7,12-13H2,1-2H3,(H,26,33). The van der Waals surface area contributed by atoms with Gasteiger partial charge in [-0.1, -0.05) is 18.2 Å². The average molecular weight is 460 g/mol. The second kappa shape index (κ2) is 8.93. The monoisotopic (exact) mass is 459 g/mol. The van der Waals surface area contributed by atoms with Gasteiger partial charge in [0.15, 0.2) is 11.6 Å². The summed E-state index contributed by atoms with van der Waals surface area (Å²) >= 11 is 0. The van der Waals surface area contributed by atoms with Crippen LogP contribution in [0.5, 0.6) is 0 Å². The van der Waals surface area contributed by atoms with Crippen molar-refractivity contribution in [1.29, 1.82) is 0 Å². The topological polar surface area (TPSA) is 116 Å². The lowest BCUT2D eigenvalue weighted by atomic mass is 9.97. The Kier molecular flexibility index (Phi) is 5.66. The maximum absolute atomic E-state index is 13.2. The van der Waals surface area contributed by atoms with Gasteiger partial charge in [0, 0.05) is 20.1 Å². The molecule has 1 N–H and O–H groups in total. The van der Waals surface area contributed by atoms with E-state index in [4.69, 9.17) is 0 Å². The Morgan fingerprint density at radius 3 is 2.56 bits per heavy atom. The fourth-order valence-corrected chi connectivity index (χ4v) is 4.27. The minimum Gasteiger partial charge on any atom is -0.354 e. The minimum atomic E-state index is -0.269. The molecule has 174 valence electrons. The van der Waals surface area contributed by atoms with Gasteiger partial charge in [-0.15, -0.1) is 10.2 Å². The molecule has 1 aliphatic heterocycles. The summed E-state index contributed by atoms with van der Waals surface area (Å²) in [6.07, 6.45) is 4.58. The lowest BCUT2D eigenvalue weighted by molar-refractivity contribution is -0.120. The minimum absolute atomic E-state index is 0.164. The smallest absolute Gasteiger partial charge is 0.295 e. The highest BCUT2D eigenvalue weighted by atomic mass is 16.2. The molecule has 11 nitrogen and oxygen atoms in total. The van der Waals surface area contributed by atoms with E-state index in [1.165, 1.54) is 11.0 Å². The predicted molar refractivity (Wildman–Crippen MR) is 126 cm³/mol. The van der Waals surface area contributed by atoms with Crippen molar-refractivity contribution in [3.8, 4) is 11.5 Å². The molecule has 5 rings (SSSR count). The molecule has 1 saturated heterocycles. The van der Waals surface area contributed by atoms with Crippen LogP contribution in [-0.4, -0.2) is 53.3 Å². The molecular weight excluding hydrogens is 434 g/mol. The molecular formula is C23H25N9O2. The molecule has 4 heterocycles. The van der Waals surface area contributed by atoms with Gasteiger partial charge in [-0.25, -0.2) is 14.3 Å². The van der Waals surface area contributed by atoms with E-state index in [0.717, 1.165) is 25.1 Å². The summed E-state index contributed by atoms with van der Waals surface area (Å²) in [5.74, 6) is 0.836. The molecule has 1 amide bonds. The first-order valence-corrected chi connectivity index (χ1v) is 11.1. The van der Waals surface area contributed by atoms with Gasteiger partial charge in [0.1, 0.15) is 18.3 Å². The first-order valence-electron chi connectivity index (χ1n) is 11.1. The summed E-state index contributed by atoms with van der Waals surface area (Å²) in [6.45, 7) is 3.12. The molecule has 1 unspecified atom stereocenters. The molecule has 0 saturated carbocycles. The average Bonchev–Trinajstić information content (AvgIpc) is 3.49. The fourth-order valence-electron chi connectivity index (χ4n) is 4.27. The van der Waals surface area contributed by atoms with Crippen molar-refractivity contribution in [1.82, 2.24) is 34.3 Å². The van der Waals surface area contributed by atoms with Crippen LogP contribution in [0.25, 0.3) is 11.5 Å². The van der Waals surface area contributed by atoms with Crippen molar-refractivity contribution < 1.29 is 4.79 Å². The van der Waals surface area contributed by atoms with Gasteiger partial charge in [0.25, 0.3) is 5.56 Å². The third kappa shape index (κ3) is 3.96. The molecule has 0 aliphatic carbocycles. The zero-order valence-electron chi connectivity index (χ0n) is 19.0. The van der Waals surface area contributed by atoms with Crippen LogP contribution >= 0.6 is 0 Å². The fraction of sp³-hybridized carbons (Fsp3) is 0.304. The number of piperidine rings is 1. The quantitative estimate of drug-likeness (QED) is 0.483. The third-order valence-corrected chi connectivity index (χ3v) is 6.21. The number of carbonyl (C=O) groups excluding carboxylic acids is 1. The van der Waals surface area contributed by atoms with Gasteiger partial charge in [0.2, 0.25) is 5.91 Å². The molecule has 11 heteroatoms. The molecule has 34 heavy (non-hydrogen) atoms. The van der Waals surface area contributed by atoms with Crippen molar-refractivity contribution in [2.24, 2.45) is 13.0 Å². The number of anilines is 2. The number of nitrogens with zero attached hydrogens (tertiary/aromatic N) is 8. The maximum atomic E-state index is 13.2. The number of para-hydroxylation sites is 1. The number of aromatic nitrogens is 7. The lowest BCUT2D eigenvalue weighted by Crippen LogP contribution is -2.41. The summed E-state index contributed by atoms with van der Waals surface area (Å²) in [5, 5.41) is 15.5. The van der Waals surface area contributed by atoms with Crippen LogP contribution in [0.2, 0.25) is 0 Å². The van der Waals surface area contributed by atoms with Crippen LogP contribution in [0.1, 0.15) is 18.5 Å². The van der Waals surface area contributed by atoms with Crippen molar-refractivity contribution in [2.75, 3.05) is 23.3 Å². The highest BCUT2D eigenvalue weighted by molar-refractivity contribution is 5.93. The Bertz CT molecular complexity index is 1340. The summed E-state index contributed by atoms with van der Waals surface area (Å²) in [5.41, 5.74) is 1.51. The molecule has 0 bridgehead atoms. The van der Waals surface area contributed by atoms with Crippen molar-refractivity contribution in [3.05, 3.63) is 71.2 Å². The predicted octanol–water partition coefficient (Wildman–Crippen LogP) is 1.71. The van der Waals surface area contributed by atoms with Crippen LogP contribution in [0.4, 0.5) is 11.5 Å². The Labute approximate surface area is 195 Å². The second-order valence-electron chi connectivity index (χ2n) is 8.30. The van der Waals surface area contributed by atoms with Gasteiger partial charge in [-0.05, 0) is 44.0 Å². The van der Waals surface area contributed by atoms with E-state index in [1.807, 2.05) is 61.3 Å². The number of nitrogens with one attached hydrogen (secondary N) is 1. The molecule has 0 radical (unpaired) electrons. The number of carbonyl (C=O) groups is 1. The third-order valence-electron chi connectivity index (χ3n) is 6.21. The Balaban J connectivity index is 1.32. The van der Waals surface area contributed by atoms with Crippen LogP contribution < -0.4 is 15.8 Å². The van der Waals surface area contributed by atoms with E-state index < -0.39 is 0 Å². The van der Waals surface area contributed by atoms with Crippen molar-refractivity contribution in [3.63, 3.8) is 0 Å². The summed E-state index contributed by atoms with van der Waals surface area (Å²) < 4.78 is 4.85. The van der Waals surface area contributed by atoms with Crippen LogP contribution in [0.15, 0.2) is 59.9 Å². The largest absolute Gasteiger partial charge is 0.354 e.